The summed E-state index contributed by atoms with van der Waals surface area (Å²) in [5.74, 6) is 5.83. The highest BCUT2D eigenvalue weighted by Gasteiger charge is 2.23. The fraction of sp³-hybridized carbons (Fsp3) is 0.636. The number of nitrogen functional groups attached to an aromatic ring is 1. The van der Waals surface area contributed by atoms with E-state index >= 15 is 0 Å². The smallest absolute Gasteiger partial charge is 0.158 e. The van der Waals surface area contributed by atoms with Crippen LogP contribution in [0.25, 0.3) is 0 Å². The van der Waals surface area contributed by atoms with Gasteiger partial charge in [-0.2, -0.15) is 0 Å². The average Bonchev–Trinajstić information content (AvgIpc) is 2.35. The summed E-state index contributed by atoms with van der Waals surface area (Å²) in [6.07, 6.45) is 3.68. The van der Waals surface area contributed by atoms with Crippen molar-refractivity contribution >= 4 is 5.82 Å². The number of nitrogens with one attached hydrogen (secondary N) is 1. The topological polar surface area (TPSA) is 76.3 Å². The summed E-state index contributed by atoms with van der Waals surface area (Å²) in [6.45, 7) is 6.75. The lowest BCUT2D eigenvalue weighted by atomic mass is 10.2. The summed E-state index contributed by atoms with van der Waals surface area (Å²) >= 11 is 0. The van der Waals surface area contributed by atoms with E-state index in [1.807, 2.05) is 0 Å². The van der Waals surface area contributed by atoms with Crippen molar-refractivity contribution in [1.29, 1.82) is 0 Å². The van der Waals surface area contributed by atoms with Gasteiger partial charge in [0.2, 0.25) is 0 Å². The summed E-state index contributed by atoms with van der Waals surface area (Å²) in [5, 5.41) is 0. The summed E-state index contributed by atoms with van der Waals surface area (Å²) in [7, 11) is 0. The first-order valence-electron chi connectivity index (χ1n) is 5.82. The first-order chi connectivity index (χ1) is 8.19. The van der Waals surface area contributed by atoms with Gasteiger partial charge in [-0.3, -0.25) is 9.88 Å². The van der Waals surface area contributed by atoms with E-state index in [1.54, 1.807) is 12.4 Å². The lowest BCUT2D eigenvalue weighted by Crippen LogP contribution is -2.46. The maximum Gasteiger partial charge on any atom is 0.158 e. The maximum absolute atomic E-state index is 5.59. The van der Waals surface area contributed by atoms with Crippen LogP contribution in [0, 0.1) is 0 Å². The molecule has 94 valence electrons. The van der Waals surface area contributed by atoms with Gasteiger partial charge in [-0.25, -0.2) is 10.8 Å². The van der Waals surface area contributed by atoms with Crippen molar-refractivity contribution in [2.75, 3.05) is 18.6 Å². The summed E-state index contributed by atoms with van der Waals surface area (Å²) in [4.78, 5) is 10.8. The first-order valence-corrected chi connectivity index (χ1v) is 5.82. The Kier molecular flexibility index (Phi) is 3.88. The predicted molar refractivity (Wildman–Crippen MR) is 65.1 cm³/mol. The highest BCUT2D eigenvalue weighted by atomic mass is 16.5. The number of nitrogens with two attached hydrogens (primary N) is 1. The Morgan fingerprint density at radius 1 is 1.47 bits per heavy atom. The Bertz CT molecular complexity index is 355. The fourth-order valence-corrected chi connectivity index (χ4v) is 1.91. The number of morpholine rings is 1. The van der Waals surface area contributed by atoms with Gasteiger partial charge in [-0.15, -0.1) is 0 Å². The molecule has 6 heteroatoms. The van der Waals surface area contributed by atoms with Crippen LogP contribution in [-0.2, 0) is 11.3 Å². The minimum absolute atomic E-state index is 0.282. The predicted octanol–water partition coefficient (Wildman–Crippen LogP) is 0.371. The molecule has 17 heavy (non-hydrogen) atoms. The van der Waals surface area contributed by atoms with Crippen LogP contribution in [0.15, 0.2) is 12.4 Å². The maximum atomic E-state index is 5.59. The second kappa shape index (κ2) is 5.39. The number of hydrogen-bond donors (Lipinski definition) is 2. The molecule has 0 radical (unpaired) electrons. The van der Waals surface area contributed by atoms with E-state index in [-0.39, 0.29) is 6.10 Å². The molecule has 6 nitrogen and oxygen atoms in total. The van der Waals surface area contributed by atoms with E-state index in [1.165, 1.54) is 0 Å². The molecule has 2 atom stereocenters. The lowest BCUT2D eigenvalue weighted by molar-refractivity contribution is -0.0530. The molecular formula is C11H19N5O. The van der Waals surface area contributed by atoms with Crippen LogP contribution < -0.4 is 11.3 Å². The molecule has 1 fully saturated rings. The molecule has 0 aliphatic carbocycles. The van der Waals surface area contributed by atoms with E-state index in [9.17, 15) is 0 Å². The summed E-state index contributed by atoms with van der Waals surface area (Å²) in [5.41, 5.74) is 3.42. The number of nitrogens with zero attached hydrogens (tertiary/aromatic N) is 3. The largest absolute Gasteiger partial charge is 0.376 e. The lowest BCUT2D eigenvalue weighted by Gasteiger charge is -2.36. The van der Waals surface area contributed by atoms with Gasteiger partial charge in [0.05, 0.1) is 30.8 Å². The van der Waals surface area contributed by atoms with Crippen molar-refractivity contribution in [3.63, 3.8) is 0 Å². The second-order valence-electron chi connectivity index (χ2n) is 4.46. The molecule has 0 aromatic carbocycles. The van der Waals surface area contributed by atoms with Gasteiger partial charge in [0, 0.05) is 19.1 Å². The number of hydrazine groups is 1. The van der Waals surface area contributed by atoms with Crippen LogP contribution in [0.1, 0.15) is 19.5 Å². The Labute approximate surface area is 101 Å². The van der Waals surface area contributed by atoms with E-state index < -0.39 is 0 Å². The SMILES string of the molecule is CC1CN(Cc2cnc(NN)cn2)C(C)CO1. The molecule has 1 aromatic rings. The Balaban J connectivity index is 1.98. The summed E-state index contributed by atoms with van der Waals surface area (Å²) < 4.78 is 5.59. The second-order valence-corrected chi connectivity index (χ2v) is 4.46. The van der Waals surface area contributed by atoms with Crippen molar-refractivity contribution < 1.29 is 4.74 Å². The highest BCUT2D eigenvalue weighted by molar-refractivity contribution is 5.28. The van der Waals surface area contributed by atoms with Crippen LogP contribution >= 0.6 is 0 Å². The van der Waals surface area contributed by atoms with Gasteiger partial charge in [0.1, 0.15) is 0 Å². The minimum atomic E-state index is 0.282. The third kappa shape index (κ3) is 3.12. The van der Waals surface area contributed by atoms with Crippen LogP contribution in [-0.4, -0.2) is 40.2 Å². The van der Waals surface area contributed by atoms with Crippen molar-refractivity contribution in [3.8, 4) is 0 Å². The molecule has 0 saturated carbocycles. The molecule has 1 aliphatic rings. The molecule has 0 spiro atoms. The van der Waals surface area contributed by atoms with Gasteiger partial charge < -0.3 is 10.2 Å². The molecule has 0 amide bonds. The molecule has 1 aromatic heterocycles. The Hall–Kier alpha value is -1.24. The molecule has 2 unspecified atom stereocenters. The van der Waals surface area contributed by atoms with Crippen LogP contribution in [0.5, 0.6) is 0 Å². The number of anilines is 1. The molecule has 0 bridgehead atoms. The first kappa shape index (κ1) is 12.2. The molecular weight excluding hydrogens is 218 g/mol. The van der Waals surface area contributed by atoms with E-state index in [4.69, 9.17) is 10.6 Å². The fourth-order valence-electron chi connectivity index (χ4n) is 1.91. The Morgan fingerprint density at radius 3 is 2.94 bits per heavy atom. The van der Waals surface area contributed by atoms with Crippen molar-refractivity contribution in [2.45, 2.75) is 32.5 Å². The van der Waals surface area contributed by atoms with Gasteiger partial charge in [-0.1, -0.05) is 0 Å². The normalized spacial score (nSPS) is 25.8. The average molecular weight is 237 g/mol. The summed E-state index contributed by atoms with van der Waals surface area (Å²) in [6, 6.07) is 0.417. The number of rotatable bonds is 3. The molecule has 1 saturated heterocycles. The van der Waals surface area contributed by atoms with Gasteiger partial charge in [0.15, 0.2) is 5.82 Å². The van der Waals surface area contributed by atoms with Crippen molar-refractivity contribution in [1.82, 2.24) is 14.9 Å². The number of hydrogen-bond acceptors (Lipinski definition) is 6. The monoisotopic (exact) mass is 237 g/mol. The van der Waals surface area contributed by atoms with Crippen LogP contribution in [0.3, 0.4) is 0 Å². The minimum Gasteiger partial charge on any atom is -0.376 e. The number of ether oxygens (including phenoxy) is 1. The zero-order valence-corrected chi connectivity index (χ0v) is 10.3. The third-order valence-corrected chi connectivity index (χ3v) is 2.96. The van der Waals surface area contributed by atoms with Gasteiger partial charge in [0.25, 0.3) is 0 Å². The van der Waals surface area contributed by atoms with Crippen LogP contribution in [0.4, 0.5) is 5.82 Å². The molecule has 3 N–H and O–H groups in total. The van der Waals surface area contributed by atoms with Crippen LogP contribution in [0.2, 0.25) is 0 Å². The van der Waals surface area contributed by atoms with Gasteiger partial charge >= 0.3 is 0 Å². The van der Waals surface area contributed by atoms with Crippen molar-refractivity contribution in [2.24, 2.45) is 5.84 Å². The van der Waals surface area contributed by atoms with Gasteiger partial charge in [-0.05, 0) is 13.8 Å². The highest BCUT2D eigenvalue weighted by Crippen LogP contribution is 2.14. The zero-order valence-electron chi connectivity index (χ0n) is 10.3. The van der Waals surface area contributed by atoms with Crippen molar-refractivity contribution in [3.05, 3.63) is 18.1 Å². The van der Waals surface area contributed by atoms with E-state index in [2.05, 4.69) is 34.1 Å². The van der Waals surface area contributed by atoms with E-state index in [0.717, 1.165) is 25.4 Å². The number of aromatic nitrogens is 2. The standard InChI is InChI=1S/C11H19N5O/c1-8-7-17-9(2)5-16(8)6-10-3-14-11(15-12)4-13-10/h3-4,8-9H,5-7,12H2,1-2H3,(H,14,15). The molecule has 2 heterocycles. The molecule has 2 rings (SSSR count). The van der Waals surface area contributed by atoms with E-state index in [0.29, 0.717) is 11.9 Å². The third-order valence-electron chi connectivity index (χ3n) is 2.96. The zero-order chi connectivity index (χ0) is 12.3. The Morgan fingerprint density at radius 2 is 2.29 bits per heavy atom. The quantitative estimate of drug-likeness (QED) is 0.584. The molecule has 1 aliphatic heterocycles.